The maximum absolute atomic E-state index is 12.4. The van der Waals surface area contributed by atoms with E-state index >= 15 is 0 Å². The number of aromatic nitrogens is 5. The van der Waals surface area contributed by atoms with Gasteiger partial charge in [-0.2, -0.15) is 10.2 Å². The molecule has 3 heterocycles. The zero-order valence-electron chi connectivity index (χ0n) is 16.6. The number of rotatable bonds is 4. The summed E-state index contributed by atoms with van der Waals surface area (Å²) in [6, 6.07) is 8.98. The van der Waals surface area contributed by atoms with Crippen LogP contribution in [0.5, 0.6) is 0 Å². The summed E-state index contributed by atoms with van der Waals surface area (Å²) >= 11 is 0. The van der Waals surface area contributed by atoms with Gasteiger partial charge in [0, 0.05) is 42.8 Å². The van der Waals surface area contributed by atoms with Crippen molar-refractivity contribution in [3.63, 3.8) is 0 Å². The van der Waals surface area contributed by atoms with E-state index < -0.39 is 0 Å². The molecule has 150 valence electrons. The van der Waals surface area contributed by atoms with Gasteiger partial charge < -0.3 is 5.32 Å². The third-order valence-electron chi connectivity index (χ3n) is 5.53. The minimum Gasteiger partial charge on any atom is -0.348 e. The molecule has 0 spiro atoms. The molecular formula is C21H24N6O2. The van der Waals surface area contributed by atoms with Gasteiger partial charge in [0.2, 0.25) is 0 Å². The van der Waals surface area contributed by atoms with Crippen LogP contribution in [0.3, 0.4) is 0 Å². The van der Waals surface area contributed by atoms with Crippen molar-refractivity contribution in [1.29, 1.82) is 0 Å². The van der Waals surface area contributed by atoms with Crippen LogP contribution >= 0.6 is 0 Å². The number of nitrogens with zero attached hydrogens (tertiary/aromatic N) is 5. The Labute approximate surface area is 168 Å². The van der Waals surface area contributed by atoms with Crippen molar-refractivity contribution in [3.8, 4) is 11.3 Å². The number of carbonyl (C=O) groups is 1. The molecule has 0 saturated heterocycles. The van der Waals surface area contributed by atoms with Gasteiger partial charge in [-0.1, -0.05) is 0 Å². The second kappa shape index (κ2) is 7.98. The van der Waals surface area contributed by atoms with Crippen LogP contribution in [0.1, 0.15) is 47.9 Å². The minimum absolute atomic E-state index is 0.0366. The molecule has 4 rings (SSSR count). The fourth-order valence-electron chi connectivity index (χ4n) is 3.76. The zero-order valence-corrected chi connectivity index (χ0v) is 16.6. The zero-order chi connectivity index (χ0) is 20.4. The summed E-state index contributed by atoms with van der Waals surface area (Å²) in [5.41, 5.74) is 2.97. The van der Waals surface area contributed by atoms with Crippen LogP contribution in [0.2, 0.25) is 0 Å². The van der Waals surface area contributed by atoms with E-state index in [1.54, 1.807) is 40.0 Å². The minimum atomic E-state index is -0.146. The van der Waals surface area contributed by atoms with Crippen LogP contribution in [-0.2, 0) is 7.05 Å². The summed E-state index contributed by atoms with van der Waals surface area (Å²) in [5, 5.41) is 11.9. The van der Waals surface area contributed by atoms with Crippen LogP contribution < -0.4 is 10.9 Å². The van der Waals surface area contributed by atoms with Gasteiger partial charge in [-0.3, -0.25) is 19.3 Å². The number of carbonyl (C=O) groups excluding carboxylic acids is 1. The summed E-state index contributed by atoms with van der Waals surface area (Å²) in [5.74, 6) is -0.146. The van der Waals surface area contributed by atoms with Gasteiger partial charge in [-0.15, -0.1) is 0 Å². The Kier molecular flexibility index (Phi) is 5.24. The Hall–Kier alpha value is -3.29. The molecule has 1 fully saturated rings. The van der Waals surface area contributed by atoms with E-state index in [0.29, 0.717) is 5.69 Å². The molecule has 0 aliphatic heterocycles. The summed E-state index contributed by atoms with van der Waals surface area (Å²) in [6.07, 6.45) is 6.61. The summed E-state index contributed by atoms with van der Waals surface area (Å²) in [4.78, 5) is 28.8. The molecule has 1 aliphatic rings. The van der Waals surface area contributed by atoms with Crippen molar-refractivity contribution < 1.29 is 4.79 Å². The third kappa shape index (κ3) is 4.11. The lowest BCUT2D eigenvalue weighted by Gasteiger charge is -2.29. The average molecular weight is 392 g/mol. The van der Waals surface area contributed by atoms with Crippen molar-refractivity contribution in [2.45, 2.75) is 44.7 Å². The Morgan fingerprint density at radius 1 is 1.07 bits per heavy atom. The SMILES string of the molecule is Cc1cc(C(=O)NC2CCC(n3nc(-c4ccncc4)ccc3=O)CC2)nn1C. The van der Waals surface area contributed by atoms with Crippen molar-refractivity contribution >= 4 is 5.91 Å². The largest absolute Gasteiger partial charge is 0.348 e. The molecule has 8 nitrogen and oxygen atoms in total. The maximum Gasteiger partial charge on any atom is 0.272 e. The quantitative estimate of drug-likeness (QED) is 0.735. The summed E-state index contributed by atoms with van der Waals surface area (Å²) in [7, 11) is 1.82. The third-order valence-corrected chi connectivity index (χ3v) is 5.53. The van der Waals surface area contributed by atoms with Crippen LogP contribution in [-0.4, -0.2) is 36.5 Å². The van der Waals surface area contributed by atoms with Gasteiger partial charge in [-0.25, -0.2) is 4.68 Å². The van der Waals surface area contributed by atoms with Gasteiger partial charge >= 0.3 is 0 Å². The molecule has 0 unspecified atom stereocenters. The van der Waals surface area contributed by atoms with E-state index in [4.69, 9.17) is 0 Å². The second-order valence-electron chi connectivity index (χ2n) is 7.51. The topological polar surface area (TPSA) is 94.7 Å². The van der Waals surface area contributed by atoms with Crippen LogP contribution in [0.15, 0.2) is 47.5 Å². The second-order valence-corrected chi connectivity index (χ2v) is 7.51. The highest BCUT2D eigenvalue weighted by Crippen LogP contribution is 2.27. The van der Waals surface area contributed by atoms with Crippen LogP contribution in [0.25, 0.3) is 11.3 Å². The molecule has 0 bridgehead atoms. The molecule has 1 aliphatic carbocycles. The normalized spacial score (nSPS) is 19.1. The molecule has 8 heteroatoms. The molecule has 1 saturated carbocycles. The number of hydrogen-bond acceptors (Lipinski definition) is 5. The molecule has 1 N–H and O–H groups in total. The predicted molar refractivity (Wildman–Crippen MR) is 108 cm³/mol. The number of amides is 1. The lowest BCUT2D eigenvalue weighted by atomic mass is 9.91. The molecule has 29 heavy (non-hydrogen) atoms. The smallest absolute Gasteiger partial charge is 0.272 e. The lowest BCUT2D eigenvalue weighted by Crippen LogP contribution is -2.39. The maximum atomic E-state index is 12.4. The predicted octanol–water partition coefficient (Wildman–Crippen LogP) is 2.26. The standard InChI is InChI=1S/C21H24N6O2/c1-14-13-19(24-26(14)2)21(29)23-16-3-5-17(6-4-16)27-20(28)8-7-18(25-27)15-9-11-22-12-10-15/h7-13,16-17H,3-6H2,1-2H3,(H,23,29). The highest BCUT2D eigenvalue weighted by molar-refractivity contribution is 5.92. The van der Waals surface area contributed by atoms with Gasteiger partial charge in [-0.05, 0) is 56.9 Å². The molecular weight excluding hydrogens is 368 g/mol. The summed E-state index contributed by atoms with van der Waals surface area (Å²) in [6.45, 7) is 1.92. The molecule has 3 aromatic rings. The van der Waals surface area contributed by atoms with E-state index in [1.165, 1.54) is 0 Å². The van der Waals surface area contributed by atoms with Gasteiger partial charge in [0.1, 0.15) is 5.69 Å². The molecule has 0 aromatic carbocycles. The van der Waals surface area contributed by atoms with Crippen LogP contribution in [0, 0.1) is 6.92 Å². The van der Waals surface area contributed by atoms with Gasteiger partial charge in [0.05, 0.1) is 11.7 Å². The van der Waals surface area contributed by atoms with Crippen molar-refractivity contribution in [3.05, 3.63) is 64.5 Å². The van der Waals surface area contributed by atoms with Crippen molar-refractivity contribution in [1.82, 2.24) is 29.9 Å². The fraction of sp³-hybridized carbons (Fsp3) is 0.381. The molecule has 3 aromatic heterocycles. The Bertz CT molecular complexity index is 1040. The lowest BCUT2D eigenvalue weighted by molar-refractivity contribution is 0.0915. The summed E-state index contributed by atoms with van der Waals surface area (Å²) < 4.78 is 3.29. The molecule has 0 atom stereocenters. The Balaban J connectivity index is 1.42. The van der Waals surface area contributed by atoms with Crippen LogP contribution in [0.4, 0.5) is 0 Å². The van der Waals surface area contributed by atoms with Gasteiger partial charge in [0.25, 0.3) is 11.5 Å². The van der Waals surface area contributed by atoms with E-state index in [1.807, 2.05) is 26.1 Å². The number of aryl methyl sites for hydroxylation is 2. The number of hydrogen-bond donors (Lipinski definition) is 1. The van der Waals surface area contributed by atoms with E-state index in [9.17, 15) is 9.59 Å². The Morgan fingerprint density at radius 2 is 1.79 bits per heavy atom. The fourth-order valence-corrected chi connectivity index (χ4v) is 3.76. The number of nitrogens with one attached hydrogen (secondary N) is 1. The van der Waals surface area contributed by atoms with E-state index in [2.05, 4.69) is 20.5 Å². The van der Waals surface area contributed by atoms with Crippen molar-refractivity contribution in [2.75, 3.05) is 0 Å². The first-order valence-electron chi connectivity index (χ1n) is 9.83. The monoisotopic (exact) mass is 392 g/mol. The average Bonchev–Trinajstić information content (AvgIpc) is 3.08. The molecule has 1 amide bonds. The Morgan fingerprint density at radius 3 is 2.45 bits per heavy atom. The highest BCUT2D eigenvalue weighted by atomic mass is 16.2. The first kappa shape index (κ1) is 19.0. The highest BCUT2D eigenvalue weighted by Gasteiger charge is 2.26. The van der Waals surface area contributed by atoms with E-state index in [0.717, 1.165) is 42.6 Å². The first-order valence-corrected chi connectivity index (χ1v) is 9.83. The van der Waals surface area contributed by atoms with Crippen molar-refractivity contribution in [2.24, 2.45) is 7.05 Å². The molecule has 0 radical (unpaired) electrons. The van der Waals surface area contributed by atoms with E-state index in [-0.39, 0.29) is 23.6 Å². The van der Waals surface area contributed by atoms with Gasteiger partial charge in [0.15, 0.2) is 0 Å². The number of pyridine rings is 1. The first-order chi connectivity index (χ1) is 14.0.